The second-order valence-corrected chi connectivity index (χ2v) is 8.82. The highest BCUT2D eigenvalue weighted by Gasteiger charge is 2.33. The van der Waals surface area contributed by atoms with Crippen molar-refractivity contribution in [2.24, 2.45) is 5.10 Å². The minimum Gasteiger partial charge on any atom is -0.497 e. The predicted molar refractivity (Wildman–Crippen MR) is 143 cm³/mol. The average molecular weight is 489 g/mol. The van der Waals surface area contributed by atoms with Crippen LogP contribution in [0, 0.1) is 0 Å². The highest BCUT2D eigenvalue weighted by atomic mass is 16.5. The first-order chi connectivity index (χ1) is 18.2. The number of aromatic nitrogens is 2. The van der Waals surface area contributed by atoms with Gasteiger partial charge < -0.3 is 9.47 Å². The number of methoxy groups -OCH3 is 1. The van der Waals surface area contributed by atoms with Crippen molar-refractivity contribution in [1.82, 2.24) is 15.0 Å². The van der Waals surface area contributed by atoms with Crippen LogP contribution in [0.5, 0.6) is 11.6 Å². The smallest absolute Gasteiger partial charge is 0.281 e. The van der Waals surface area contributed by atoms with Gasteiger partial charge in [-0.25, -0.2) is 15.0 Å². The normalized spacial score (nSPS) is 15.1. The molecular formula is C30H24N4O3. The maximum atomic E-state index is 13.5. The zero-order valence-corrected chi connectivity index (χ0v) is 20.2. The molecule has 37 heavy (non-hydrogen) atoms. The van der Waals surface area contributed by atoms with Gasteiger partial charge in [0.05, 0.1) is 29.8 Å². The molecule has 0 bridgehead atoms. The lowest BCUT2D eigenvalue weighted by molar-refractivity contribution is -0.135. The van der Waals surface area contributed by atoms with E-state index in [-0.39, 0.29) is 18.6 Å². The number of amides is 1. The fourth-order valence-corrected chi connectivity index (χ4v) is 4.66. The molecule has 5 aromatic rings. The van der Waals surface area contributed by atoms with Crippen molar-refractivity contribution >= 4 is 33.3 Å². The summed E-state index contributed by atoms with van der Waals surface area (Å²) in [6, 6.07) is 29.5. The van der Waals surface area contributed by atoms with Crippen molar-refractivity contribution < 1.29 is 14.3 Å². The van der Waals surface area contributed by atoms with Gasteiger partial charge in [-0.2, -0.15) is 5.10 Å². The summed E-state index contributed by atoms with van der Waals surface area (Å²) in [6.07, 6.45) is 2.03. The fraction of sp³-hybridized carbons (Fsp3) is 0.133. The Morgan fingerprint density at radius 2 is 1.70 bits per heavy atom. The Morgan fingerprint density at radius 3 is 2.54 bits per heavy atom. The molecule has 1 aromatic heterocycles. The van der Waals surface area contributed by atoms with Gasteiger partial charge in [-0.3, -0.25) is 4.79 Å². The SMILES string of the molecule is COc1ccc(C2CC(c3ccc4ccccc4c3)=NN2C(=O)COc2ncnc3ccccc23)cc1. The maximum Gasteiger partial charge on any atom is 0.281 e. The first-order valence-corrected chi connectivity index (χ1v) is 12.0. The molecule has 0 radical (unpaired) electrons. The highest BCUT2D eigenvalue weighted by molar-refractivity contribution is 6.05. The summed E-state index contributed by atoms with van der Waals surface area (Å²) in [4.78, 5) is 22.0. The van der Waals surface area contributed by atoms with Crippen LogP contribution in [0.4, 0.5) is 0 Å². The quantitative estimate of drug-likeness (QED) is 0.313. The predicted octanol–water partition coefficient (Wildman–Crippen LogP) is 5.55. The van der Waals surface area contributed by atoms with Crippen LogP contribution in [-0.4, -0.2) is 40.3 Å². The molecule has 1 aliphatic rings. The third-order valence-electron chi connectivity index (χ3n) is 6.59. The van der Waals surface area contributed by atoms with Crippen LogP contribution >= 0.6 is 0 Å². The van der Waals surface area contributed by atoms with E-state index >= 15 is 0 Å². The van der Waals surface area contributed by atoms with Crippen molar-refractivity contribution in [2.75, 3.05) is 13.7 Å². The zero-order chi connectivity index (χ0) is 25.2. The van der Waals surface area contributed by atoms with Crippen LogP contribution in [-0.2, 0) is 4.79 Å². The van der Waals surface area contributed by atoms with Crippen molar-refractivity contribution in [3.63, 3.8) is 0 Å². The molecule has 0 N–H and O–H groups in total. The minimum absolute atomic E-state index is 0.192. The van der Waals surface area contributed by atoms with Crippen LogP contribution in [0.2, 0.25) is 0 Å². The van der Waals surface area contributed by atoms with E-state index in [0.29, 0.717) is 12.3 Å². The number of carbonyl (C=O) groups is 1. The number of ether oxygens (including phenoxy) is 2. The molecule has 0 saturated carbocycles. The first-order valence-electron chi connectivity index (χ1n) is 12.0. The van der Waals surface area contributed by atoms with Gasteiger partial charge in [-0.15, -0.1) is 0 Å². The molecule has 1 unspecified atom stereocenters. The Bertz CT molecular complexity index is 1630. The lowest BCUT2D eigenvalue weighted by Crippen LogP contribution is -2.31. The van der Waals surface area contributed by atoms with Gasteiger partial charge in [-0.1, -0.05) is 60.7 Å². The number of hydrazone groups is 1. The lowest BCUT2D eigenvalue weighted by atomic mass is 9.97. The molecule has 0 aliphatic carbocycles. The Morgan fingerprint density at radius 1 is 0.919 bits per heavy atom. The largest absolute Gasteiger partial charge is 0.497 e. The molecule has 2 heterocycles. The number of nitrogens with zero attached hydrogens (tertiary/aromatic N) is 4. The van der Waals surface area contributed by atoms with Crippen LogP contribution in [0.15, 0.2) is 102 Å². The van der Waals surface area contributed by atoms with E-state index < -0.39 is 0 Å². The van der Waals surface area contributed by atoms with Crippen LogP contribution < -0.4 is 9.47 Å². The number of carbonyl (C=O) groups excluding carboxylic acids is 1. The Labute approximate surface area is 214 Å². The molecule has 1 aliphatic heterocycles. The third-order valence-corrected chi connectivity index (χ3v) is 6.59. The number of para-hydroxylation sites is 1. The second-order valence-electron chi connectivity index (χ2n) is 8.82. The summed E-state index contributed by atoms with van der Waals surface area (Å²) >= 11 is 0. The number of benzene rings is 4. The maximum absolute atomic E-state index is 13.5. The first kappa shape index (κ1) is 22.7. The number of rotatable bonds is 6. The Kier molecular flexibility index (Phi) is 5.94. The molecule has 4 aromatic carbocycles. The summed E-state index contributed by atoms with van der Waals surface area (Å²) < 4.78 is 11.2. The van der Waals surface area contributed by atoms with Crippen molar-refractivity contribution in [2.45, 2.75) is 12.5 Å². The van der Waals surface area contributed by atoms with E-state index in [4.69, 9.17) is 14.6 Å². The molecule has 1 amide bonds. The summed E-state index contributed by atoms with van der Waals surface area (Å²) in [5.41, 5.74) is 3.58. The number of hydrogen-bond acceptors (Lipinski definition) is 6. The summed E-state index contributed by atoms with van der Waals surface area (Å²) in [5, 5.41) is 9.38. The van der Waals surface area contributed by atoms with E-state index in [1.54, 1.807) is 7.11 Å². The van der Waals surface area contributed by atoms with Gasteiger partial charge in [0.2, 0.25) is 5.88 Å². The molecule has 6 rings (SSSR count). The van der Waals surface area contributed by atoms with Crippen molar-refractivity contribution in [3.8, 4) is 11.6 Å². The molecule has 7 heteroatoms. The van der Waals surface area contributed by atoms with Crippen LogP contribution in [0.25, 0.3) is 21.7 Å². The minimum atomic E-state index is -0.259. The summed E-state index contributed by atoms with van der Waals surface area (Å²) in [6.45, 7) is -0.192. The Hall–Kier alpha value is -4.78. The molecular weight excluding hydrogens is 464 g/mol. The van der Waals surface area contributed by atoms with Gasteiger partial charge in [0.25, 0.3) is 5.91 Å². The number of fused-ring (bicyclic) bond motifs is 2. The summed E-state index contributed by atoms with van der Waals surface area (Å²) in [5.74, 6) is 0.881. The van der Waals surface area contributed by atoms with Gasteiger partial charge in [0.15, 0.2) is 6.61 Å². The molecule has 0 saturated heterocycles. The lowest BCUT2D eigenvalue weighted by Gasteiger charge is -2.22. The van der Waals surface area contributed by atoms with E-state index in [1.165, 1.54) is 11.3 Å². The van der Waals surface area contributed by atoms with Gasteiger partial charge in [0, 0.05) is 6.42 Å². The van der Waals surface area contributed by atoms with E-state index in [2.05, 4.69) is 40.3 Å². The number of hydrogen-bond donors (Lipinski definition) is 0. The topological polar surface area (TPSA) is 76.9 Å². The monoisotopic (exact) mass is 488 g/mol. The second kappa shape index (κ2) is 9.70. The summed E-state index contributed by atoms with van der Waals surface area (Å²) in [7, 11) is 1.63. The average Bonchev–Trinajstić information content (AvgIpc) is 3.41. The van der Waals surface area contributed by atoms with Crippen LogP contribution in [0.3, 0.4) is 0 Å². The van der Waals surface area contributed by atoms with Gasteiger partial charge in [0.1, 0.15) is 12.1 Å². The standard InChI is InChI=1S/C30H24N4O3/c1-36-24-14-12-21(13-15-24)28-17-27(23-11-10-20-6-2-3-7-22(20)16-23)33-34(28)29(35)18-37-30-25-8-4-5-9-26(25)31-19-32-30/h2-16,19,28H,17-18H2,1H3. The van der Waals surface area contributed by atoms with Gasteiger partial charge >= 0.3 is 0 Å². The van der Waals surface area contributed by atoms with E-state index in [9.17, 15) is 4.79 Å². The molecule has 7 nitrogen and oxygen atoms in total. The van der Waals surface area contributed by atoms with Crippen molar-refractivity contribution in [3.05, 3.63) is 108 Å². The highest BCUT2D eigenvalue weighted by Crippen LogP contribution is 2.34. The van der Waals surface area contributed by atoms with Crippen LogP contribution in [0.1, 0.15) is 23.6 Å². The van der Waals surface area contributed by atoms with Crippen molar-refractivity contribution in [1.29, 1.82) is 0 Å². The Balaban J connectivity index is 1.30. The zero-order valence-electron chi connectivity index (χ0n) is 20.2. The molecule has 0 fully saturated rings. The molecule has 182 valence electrons. The molecule has 1 atom stereocenters. The fourth-order valence-electron chi connectivity index (χ4n) is 4.66. The third kappa shape index (κ3) is 4.47. The van der Waals surface area contributed by atoms with E-state index in [1.807, 2.05) is 60.7 Å². The van der Waals surface area contributed by atoms with E-state index in [0.717, 1.165) is 44.3 Å². The van der Waals surface area contributed by atoms with Gasteiger partial charge in [-0.05, 0) is 52.2 Å². The molecule has 0 spiro atoms.